The molecule has 0 unspecified atom stereocenters. The number of amides is 1. The van der Waals surface area contributed by atoms with E-state index in [0.717, 1.165) is 21.6 Å². The van der Waals surface area contributed by atoms with Gasteiger partial charge in [-0.15, -0.1) is 0 Å². The molecule has 1 heterocycles. The number of hydrogen-bond acceptors (Lipinski definition) is 5. The molecule has 0 aliphatic rings. The zero-order chi connectivity index (χ0) is 22.7. The third-order valence-corrected chi connectivity index (χ3v) is 6.00. The van der Waals surface area contributed by atoms with Crippen LogP contribution in [0.15, 0.2) is 82.7 Å². The maximum Gasteiger partial charge on any atom is 0.255 e. The molecule has 32 heavy (non-hydrogen) atoms. The maximum absolute atomic E-state index is 12.9. The van der Waals surface area contributed by atoms with E-state index < -0.39 is 0 Å². The van der Waals surface area contributed by atoms with Crippen molar-refractivity contribution in [2.75, 3.05) is 11.1 Å². The van der Waals surface area contributed by atoms with Gasteiger partial charge >= 0.3 is 0 Å². The van der Waals surface area contributed by atoms with Crippen LogP contribution in [0.2, 0.25) is 0 Å². The molecule has 4 rings (SSSR count). The number of nitrogen functional groups attached to an aromatic ring is 1. The van der Waals surface area contributed by atoms with Crippen molar-refractivity contribution in [1.82, 2.24) is 9.97 Å². The number of nitrogens with two attached hydrogens (primary N) is 1. The van der Waals surface area contributed by atoms with Crippen LogP contribution < -0.4 is 11.1 Å². The average Bonchev–Trinajstić information content (AvgIpc) is 2.78. The van der Waals surface area contributed by atoms with Crippen LogP contribution in [0.5, 0.6) is 0 Å². The van der Waals surface area contributed by atoms with Crippen molar-refractivity contribution in [2.45, 2.75) is 30.7 Å². The molecule has 3 N–H and O–H groups in total. The van der Waals surface area contributed by atoms with E-state index in [1.54, 1.807) is 12.1 Å². The van der Waals surface area contributed by atoms with Gasteiger partial charge in [0.2, 0.25) is 0 Å². The first-order valence-corrected chi connectivity index (χ1v) is 11.1. The Balaban J connectivity index is 1.74. The Bertz CT molecular complexity index is 1250. The highest BCUT2D eigenvalue weighted by Crippen LogP contribution is 2.36. The molecule has 5 nitrogen and oxygen atoms in total. The quantitative estimate of drug-likeness (QED) is 0.369. The number of benzene rings is 3. The highest BCUT2D eigenvalue weighted by molar-refractivity contribution is 7.99. The van der Waals surface area contributed by atoms with Gasteiger partial charge in [0.05, 0.1) is 0 Å². The Morgan fingerprint density at radius 2 is 1.31 bits per heavy atom. The Morgan fingerprint density at radius 3 is 1.91 bits per heavy atom. The van der Waals surface area contributed by atoms with Gasteiger partial charge in [0, 0.05) is 16.0 Å². The summed E-state index contributed by atoms with van der Waals surface area (Å²) in [4.78, 5) is 23.1. The summed E-state index contributed by atoms with van der Waals surface area (Å²) in [6.45, 7) is 6.05. The van der Waals surface area contributed by atoms with Crippen molar-refractivity contribution in [1.29, 1.82) is 0 Å². The number of rotatable bonds is 5. The fraction of sp³-hybridized carbons (Fsp3) is 0.115. The minimum atomic E-state index is -0.255. The molecule has 3 aromatic carbocycles. The van der Waals surface area contributed by atoms with Crippen LogP contribution in [-0.4, -0.2) is 15.9 Å². The van der Waals surface area contributed by atoms with Crippen LogP contribution in [0.1, 0.15) is 27.0 Å². The molecule has 0 bridgehead atoms. The first-order chi connectivity index (χ1) is 15.4. The third-order valence-electron chi connectivity index (χ3n) is 5.00. The first-order valence-electron chi connectivity index (χ1n) is 10.3. The number of carbonyl (C=O) groups is 1. The van der Waals surface area contributed by atoms with Crippen molar-refractivity contribution in [3.05, 3.63) is 95.1 Å². The van der Waals surface area contributed by atoms with Gasteiger partial charge in [-0.1, -0.05) is 77.0 Å². The van der Waals surface area contributed by atoms with Crippen LogP contribution >= 0.6 is 11.8 Å². The van der Waals surface area contributed by atoms with E-state index >= 15 is 0 Å². The molecule has 160 valence electrons. The average molecular weight is 441 g/mol. The minimum absolute atomic E-state index is 0.227. The molecule has 0 aliphatic carbocycles. The van der Waals surface area contributed by atoms with E-state index in [4.69, 9.17) is 10.7 Å². The molecular weight excluding hydrogens is 416 g/mol. The van der Waals surface area contributed by atoms with Crippen LogP contribution in [0.4, 0.5) is 11.5 Å². The molecule has 1 aromatic heterocycles. The lowest BCUT2D eigenvalue weighted by Gasteiger charge is -2.14. The maximum atomic E-state index is 12.9. The number of hydrogen-bond donors (Lipinski definition) is 2. The normalized spacial score (nSPS) is 10.7. The Kier molecular flexibility index (Phi) is 6.23. The number of aryl methyl sites for hydroxylation is 3. The van der Waals surface area contributed by atoms with Crippen molar-refractivity contribution in [3.63, 3.8) is 0 Å². The largest absolute Gasteiger partial charge is 0.382 e. The molecule has 6 heteroatoms. The number of aromatic nitrogens is 2. The molecule has 0 saturated carbocycles. The van der Waals surface area contributed by atoms with Crippen molar-refractivity contribution in [2.24, 2.45) is 0 Å². The summed E-state index contributed by atoms with van der Waals surface area (Å²) in [6, 6.07) is 23.5. The zero-order valence-corrected chi connectivity index (χ0v) is 19.0. The highest BCUT2D eigenvalue weighted by Gasteiger charge is 2.18. The van der Waals surface area contributed by atoms with Crippen LogP contribution in [-0.2, 0) is 0 Å². The van der Waals surface area contributed by atoms with Gasteiger partial charge in [-0.05, 0) is 45.0 Å². The van der Waals surface area contributed by atoms with E-state index in [9.17, 15) is 4.79 Å². The van der Waals surface area contributed by atoms with Crippen molar-refractivity contribution in [3.8, 4) is 11.4 Å². The van der Waals surface area contributed by atoms with Gasteiger partial charge in [0.25, 0.3) is 5.91 Å². The van der Waals surface area contributed by atoms with E-state index in [1.807, 2.05) is 81.4 Å². The smallest absolute Gasteiger partial charge is 0.255 e. The van der Waals surface area contributed by atoms with E-state index in [2.05, 4.69) is 10.3 Å². The van der Waals surface area contributed by atoms with E-state index in [1.165, 1.54) is 17.3 Å². The highest BCUT2D eigenvalue weighted by atomic mass is 32.2. The molecule has 0 saturated heterocycles. The van der Waals surface area contributed by atoms with E-state index in [-0.39, 0.29) is 11.7 Å². The summed E-state index contributed by atoms with van der Waals surface area (Å²) >= 11 is 1.44. The summed E-state index contributed by atoms with van der Waals surface area (Å²) in [7, 11) is 0. The summed E-state index contributed by atoms with van der Waals surface area (Å²) < 4.78 is 0. The molecule has 0 atom stereocenters. The second kappa shape index (κ2) is 9.24. The minimum Gasteiger partial charge on any atom is -0.382 e. The Morgan fingerprint density at radius 1 is 0.781 bits per heavy atom. The number of anilines is 2. The summed E-state index contributed by atoms with van der Waals surface area (Å²) in [6.07, 6.45) is 0. The van der Waals surface area contributed by atoms with E-state index in [0.29, 0.717) is 22.1 Å². The summed E-state index contributed by atoms with van der Waals surface area (Å²) in [5.74, 6) is 0.491. The second-order valence-corrected chi connectivity index (χ2v) is 8.78. The monoisotopic (exact) mass is 440 g/mol. The molecule has 1 amide bonds. The van der Waals surface area contributed by atoms with Gasteiger partial charge in [-0.3, -0.25) is 4.79 Å². The van der Waals surface area contributed by atoms with Gasteiger partial charge in [0.1, 0.15) is 10.7 Å². The lowest BCUT2D eigenvalue weighted by atomic mass is 10.1. The van der Waals surface area contributed by atoms with Crippen molar-refractivity contribution >= 4 is 29.2 Å². The van der Waals surface area contributed by atoms with Gasteiger partial charge < -0.3 is 11.1 Å². The fourth-order valence-corrected chi connectivity index (χ4v) is 3.97. The van der Waals surface area contributed by atoms with Crippen LogP contribution in [0, 0.1) is 20.8 Å². The molecule has 0 aliphatic heterocycles. The van der Waals surface area contributed by atoms with Crippen molar-refractivity contribution < 1.29 is 4.79 Å². The Labute approximate surface area is 192 Å². The second-order valence-electron chi connectivity index (χ2n) is 7.71. The number of carbonyl (C=O) groups excluding carboxylic acids is 1. The van der Waals surface area contributed by atoms with Crippen LogP contribution in [0.25, 0.3) is 11.4 Å². The van der Waals surface area contributed by atoms with Gasteiger partial charge in [-0.25, -0.2) is 9.97 Å². The molecule has 0 fully saturated rings. The topological polar surface area (TPSA) is 80.9 Å². The lowest BCUT2D eigenvalue weighted by molar-refractivity contribution is 0.102. The zero-order valence-electron chi connectivity index (χ0n) is 18.2. The third kappa shape index (κ3) is 4.98. The lowest BCUT2D eigenvalue weighted by Crippen LogP contribution is -2.15. The predicted octanol–water partition coefficient (Wildman–Crippen LogP) is 6.05. The van der Waals surface area contributed by atoms with Gasteiger partial charge in [0.15, 0.2) is 11.6 Å². The fourth-order valence-electron chi connectivity index (χ4n) is 3.09. The Hall–Kier alpha value is -3.64. The molecule has 4 aromatic rings. The summed E-state index contributed by atoms with van der Waals surface area (Å²) in [5.41, 5.74) is 11.6. The van der Waals surface area contributed by atoms with Gasteiger partial charge in [-0.2, -0.15) is 0 Å². The molecule has 0 radical (unpaired) electrons. The standard InChI is InChI=1S/C26H24N4OS/c1-16-4-10-19(11-5-16)24-29-23(27)22(28-25(31)20-12-6-17(2)7-13-20)26(30-24)32-21-14-8-18(3)9-15-21/h4-15H,1-3H3,(H,28,31)(H2,27,29,30). The SMILES string of the molecule is Cc1ccc(Sc2nc(-c3ccc(C)cc3)nc(N)c2NC(=O)c2ccc(C)cc2)cc1. The molecule has 0 spiro atoms. The predicted molar refractivity (Wildman–Crippen MR) is 131 cm³/mol. The number of nitrogens with one attached hydrogen (secondary N) is 1. The summed E-state index contributed by atoms with van der Waals surface area (Å²) in [5, 5.41) is 3.52. The first kappa shape index (κ1) is 21.6. The van der Waals surface area contributed by atoms with Crippen LogP contribution in [0.3, 0.4) is 0 Å². The molecular formula is C26H24N4OS. The number of nitrogens with zero attached hydrogens (tertiary/aromatic N) is 2.